The molecule has 3 atom stereocenters. The zero-order valence-corrected chi connectivity index (χ0v) is 40.7. The van der Waals surface area contributed by atoms with Crippen LogP contribution in [0.4, 0.5) is 0 Å². The van der Waals surface area contributed by atoms with Gasteiger partial charge in [0.2, 0.25) is 5.91 Å². The molecule has 0 fully saturated rings. The van der Waals surface area contributed by atoms with Gasteiger partial charge in [0.25, 0.3) is 0 Å². The van der Waals surface area contributed by atoms with E-state index in [9.17, 15) is 19.8 Å². The third-order valence-corrected chi connectivity index (χ3v) is 11.6. The van der Waals surface area contributed by atoms with Crippen molar-refractivity contribution < 1.29 is 24.5 Å². The van der Waals surface area contributed by atoms with Crippen LogP contribution in [0.25, 0.3) is 0 Å². The van der Waals surface area contributed by atoms with E-state index in [0.29, 0.717) is 19.3 Å². The summed E-state index contributed by atoms with van der Waals surface area (Å²) in [5.41, 5.74) is 0. The summed E-state index contributed by atoms with van der Waals surface area (Å²) in [4.78, 5) is 26.1. The minimum atomic E-state index is -0.804. The third-order valence-electron chi connectivity index (χ3n) is 11.6. The average Bonchev–Trinajstić information content (AvgIpc) is 3.26. The fraction of sp³-hybridized carbons (Fsp3) is 0.750. The highest BCUT2D eigenvalue weighted by Gasteiger charge is 2.24. The molecule has 0 aliphatic rings. The van der Waals surface area contributed by atoms with Crippen LogP contribution in [-0.2, 0) is 14.3 Å². The van der Waals surface area contributed by atoms with Crippen LogP contribution in [0.1, 0.15) is 245 Å². The van der Waals surface area contributed by atoms with Crippen LogP contribution in [0.15, 0.2) is 72.9 Å². The number of nitrogens with one attached hydrogen (secondary N) is 1. The van der Waals surface area contributed by atoms with E-state index in [-0.39, 0.29) is 24.9 Å². The average molecular weight is 866 g/mol. The molecule has 0 saturated heterocycles. The highest BCUT2D eigenvalue weighted by atomic mass is 16.5. The number of allylic oxidation sites excluding steroid dienone is 12. The molecule has 3 unspecified atom stereocenters. The largest absolute Gasteiger partial charge is 0.462 e. The van der Waals surface area contributed by atoms with Crippen molar-refractivity contribution >= 4 is 11.9 Å². The van der Waals surface area contributed by atoms with E-state index in [4.69, 9.17) is 4.74 Å². The first kappa shape index (κ1) is 59.3. The molecular weight excluding hydrogens is 767 g/mol. The van der Waals surface area contributed by atoms with Gasteiger partial charge in [-0.2, -0.15) is 0 Å². The lowest BCUT2D eigenvalue weighted by Crippen LogP contribution is -2.46. The number of aliphatic hydroxyl groups excluding tert-OH is 2. The molecule has 0 aromatic carbocycles. The first-order valence-electron chi connectivity index (χ1n) is 26.2. The summed E-state index contributed by atoms with van der Waals surface area (Å²) in [6.45, 7) is 6.34. The monoisotopic (exact) mass is 866 g/mol. The third kappa shape index (κ3) is 43.9. The maximum absolute atomic E-state index is 13.2. The van der Waals surface area contributed by atoms with Crippen molar-refractivity contribution in [2.24, 2.45) is 0 Å². The second-order valence-corrected chi connectivity index (χ2v) is 17.6. The van der Waals surface area contributed by atoms with Crippen LogP contribution in [0, 0.1) is 0 Å². The minimum Gasteiger partial charge on any atom is -0.462 e. The number of amides is 1. The summed E-state index contributed by atoms with van der Waals surface area (Å²) >= 11 is 0. The highest BCUT2D eigenvalue weighted by Crippen LogP contribution is 2.17. The van der Waals surface area contributed by atoms with Crippen molar-refractivity contribution in [2.75, 3.05) is 6.61 Å². The van der Waals surface area contributed by atoms with Gasteiger partial charge in [-0.05, 0) is 83.5 Å². The molecule has 0 aromatic heterocycles. The number of carbonyl (C=O) groups excluding carboxylic acids is 2. The Morgan fingerprint density at radius 2 is 0.935 bits per heavy atom. The number of esters is 1. The molecule has 358 valence electrons. The number of rotatable bonds is 46. The van der Waals surface area contributed by atoms with Gasteiger partial charge in [0.15, 0.2) is 0 Å². The SMILES string of the molecule is CC/C=C/C/C=C/C/C=C/CCCCCCC(=O)OC(CCCCC/C=C/C=C/C=C/CCCCCCC)CC(=O)NC(CO)C(O)CCCCCCCCCCCCCCC. The molecule has 0 heterocycles. The molecule has 6 heteroatoms. The molecule has 0 bridgehead atoms. The van der Waals surface area contributed by atoms with Crippen LogP contribution in [0.5, 0.6) is 0 Å². The Morgan fingerprint density at radius 1 is 0.500 bits per heavy atom. The summed E-state index contributed by atoms with van der Waals surface area (Å²) in [5, 5.41) is 23.8. The van der Waals surface area contributed by atoms with E-state index in [1.54, 1.807) is 0 Å². The Morgan fingerprint density at radius 3 is 1.47 bits per heavy atom. The summed E-state index contributed by atoms with van der Waals surface area (Å²) in [5.74, 6) is -0.534. The Balaban J connectivity index is 4.70. The quantitative estimate of drug-likeness (QED) is 0.0245. The molecule has 62 heavy (non-hydrogen) atoms. The standard InChI is InChI=1S/C56H99NO5/c1-4-7-10-13-16-19-22-25-27-28-30-32-35-38-41-44-47-52(62-56(61)49-46-43-40-37-34-31-26-23-20-17-14-11-8-5-2)50-55(60)57-53(51-58)54(59)48-45-42-39-36-33-29-24-21-18-15-12-9-6-3/h8,11,17,20,22,25-28,30-32,52-54,58-59H,4-7,9-10,12-16,18-19,21,23-24,29,33-51H2,1-3H3,(H,57,60)/b11-8+,20-17+,25-22+,28-27+,31-26+,32-30+. The molecule has 0 aliphatic heterocycles. The van der Waals surface area contributed by atoms with Crippen molar-refractivity contribution in [3.05, 3.63) is 72.9 Å². The van der Waals surface area contributed by atoms with Gasteiger partial charge in [-0.25, -0.2) is 0 Å². The van der Waals surface area contributed by atoms with Crippen molar-refractivity contribution in [1.29, 1.82) is 0 Å². The van der Waals surface area contributed by atoms with Gasteiger partial charge in [0.1, 0.15) is 6.10 Å². The topological polar surface area (TPSA) is 95.9 Å². The Bertz CT molecular complexity index is 1150. The number of hydrogen-bond donors (Lipinski definition) is 3. The molecule has 0 saturated carbocycles. The molecule has 0 aliphatic carbocycles. The molecule has 0 spiro atoms. The zero-order chi connectivity index (χ0) is 45.2. The van der Waals surface area contributed by atoms with E-state index in [1.165, 1.54) is 96.3 Å². The maximum atomic E-state index is 13.2. The van der Waals surface area contributed by atoms with Gasteiger partial charge in [0.05, 0.1) is 25.2 Å². The second kappa shape index (κ2) is 49.3. The van der Waals surface area contributed by atoms with Crippen molar-refractivity contribution in [3.8, 4) is 0 Å². The fourth-order valence-corrected chi connectivity index (χ4v) is 7.62. The predicted molar refractivity (Wildman–Crippen MR) is 268 cm³/mol. The summed E-state index contributed by atoms with van der Waals surface area (Å²) in [6, 6.07) is -0.720. The van der Waals surface area contributed by atoms with E-state index in [0.717, 1.165) is 103 Å². The molecular formula is C56H99NO5. The molecule has 0 rings (SSSR count). The van der Waals surface area contributed by atoms with Crippen LogP contribution in [-0.4, -0.2) is 46.9 Å². The summed E-state index contributed by atoms with van der Waals surface area (Å²) in [6.07, 6.45) is 62.4. The van der Waals surface area contributed by atoms with Gasteiger partial charge < -0.3 is 20.3 Å². The number of unbranched alkanes of at least 4 members (excludes halogenated alkanes) is 24. The number of carbonyl (C=O) groups is 2. The number of aliphatic hydroxyl groups is 2. The maximum Gasteiger partial charge on any atom is 0.306 e. The van der Waals surface area contributed by atoms with Crippen LogP contribution in [0.3, 0.4) is 0 Å². The molecule has 1 amide bonds. The number of ether oxygens (including phenoxy) is 1. The Kier molecular flexibility index (Phi) is 47.2. The van der Waals surface area contributed by atoms with Gasteiger partial charge in [-0.1, -0.05) is 222 Å². The van der Waals surface area contributed by atoms with Gasteiger partial charge in [0, 0.05) is 6.42 Å². The van der Waals surface area contributed by atoms with E-state index >= 15 is 0 Å². The van der Waals surface area contributed by atoms with E-state index < -0.39 is 18.2 Å². The molecule has 6 nitrogen and oxygen atoms in total. The summed E-state index contributed by atoms with van der Waals surface area (Å²) in [7, 11) is 0. The first-order valence-corrected chi connectivity index (χ1v) is 26.2. The predicted octanol–water partition coefficient (Wildman–Crippen LogP) is 15.8. The summed E-state index contributed by atoms with van der Waals surface area (Å²) < 4.78 is 5.91. The smallest absolute Gasteiger partial charge is 0.306 e. The van der Waals surface area contributed by atoms with E-state index in [2.05, 4.69) is 99.0 Å². The van der Waals surface area contributed by atoms with Crippen LogP contribution < -0.4 is 5.32 Å². The van der Waals surface area contributed by atoms with Gasteiger partial charge >= 0.3 is 5.97 Å². The highest BCUT2D eigenvalue weighted by molar-refractivity contribution is 5.77. The minimum absolute atomic E-state index is 0.0433. The molecule has 0 radical (unpaired) electrons. The fourth-order valence-electron chi connectivity index (χ4n) is 7.62. The second-order valence-electron chi connectivity index (χ2n) is 17.6. The van der Waals surface area contributed by atoms with E-state index in [1.807, 2.05) is 0 Å². The van der Waals surface area contributed by atoms with Crippen LogP contribution in [0.2, 0.25) is 0 Å². The number of hydrogen-bond acceptors (Lipinski definition) is 5. The van der Waals surface area contributed by atoms with Crippen molar-refractivity contribution in [3.63, 3.8) is 0 Å². The normalized spacial score (nSPS) is 13.8. The lowest BCUT2D eigenvalue weighted by molar-refractivity contribution is -0.151. The van der Waals surface area contributed by atoms with Gasteiger partial charge in [-0.3, -0.25) is 9.59 Å². The van der Waals surface area contributed by atoms with Crippen molar-refractivity contribution in [2.45, 2.75) is 264 Å². The zero-order valence-electron chi connectivity index (χ0n) is 40.7. The van der Waals surface area contributed by atoms with Gasteiger partial charge in [-0.15, -0.1) is 0 Å². The lowest BCUT2D eigenvalue weighted by Gasteiger charge is -2.24. The Labute approximate surface area is 383 Å². The first-order chi connectivity index (χ1) is 30.5. The van der Waals surface area contributed by atoms with Crippen molar-refractivity contribution in [1.82, 2.24) is 5.32 Å². The lowest BCUT2D eigenvalue weighted by atomic mass is 10.0. The molecule has 0 aromatic rings. The Hall–Kier alpha value is -2.70. The molecule has 3 N–H and O–H groups in total. The van der Waals surface area contributed by atoms with Crippen LogP contribution >= 0.6 is 0 Å².